The normalized spacial score (nSPS) is 14.3. The van der Waals surface area contributed by atoms with Crippen LogP contribution in [-0.4, -0.2) is 20.2 Å². The number of nitrogens with zero attached hydrogens (tertiary/aromatic N) is 4. The van der Waals surface area contributed by atoms with Crippen LogP contribution in [0.15, 0.2) is 41.1 Å². The fourth-order valence-electron chi connectivity index (χ4n) is 2.05. The summed E-state index contributed by atoms with van der Waals surface area (Å²) >= 11 is 0. The van der Waals surface area contributed by atoms with Gasteiger partial charge >= 0.3 is 0 Å². The second-order valence-corrected chi connectivity index (χ2v) is 5.02. The van der Waals surface area contributed by atoms with Crippen LogP contribution in [-0.2, 0) is 0 Å². The van der Waals surface area contributed by atoms with Crippen molar-refractivity contribution in [3.05, 3.63) is 48.3 Å². The fourth-order valence-corrected chi connectivity index (χ4v) is 2.05. The number of hydrogen-bond acceptors (Lipinski definition) is 5. The van der Waals surface area contributed by atoms with E-state index in [0.29, 0.717) is 28.8 Å². The number of aromatic nitrogens is 4. The van der Waals surface area contributed by atoms with E-state index in [4.69, 9.17) is 4.42 Å². The fraction of sp³-hybridized carbons (Fsp3) is 0.200. The van der Waals surface area contributed by atoms with Gasteiger partial charge in [-0.1, -0.05) is 0 Å². The summed E-state index contributed by atoms with van der Waals surface area (Å²) in [6.07, 6.45) is 5.72. The van der Waals surface area contributed by atoms with Gasteiger partial charge in [0.2, 0.25) is 5.89 Å². The molecule has 0 atom stereocenters. The minimum atomic E-state index is -0.303. The predicted octanol–water partition coefficient (Wildman–Crippen LogP) is 3.21. The van der Waals surface area contributed by atoms with Crippen LogP contribution in [0, 0.1) is 5.82 Å². The van der Waals surface area contributed by atoms with E-state index in [1.165, 1.54) is 12.1 Å². The average molecular weight is 282 g/mol. The first-order valence-electron chi connectivity index (χ1n) is 6.71. The smallest absolute Gasteiger partial charge is 0.251 e. The molecule has 0 radical (unpaired) electrons. The minimum absolute atomic E-state index is 0.303. The Bertz CT molecular complexity index is 763. The van der Waals surface area contributed by atoms with Crippen molar-refractivity contribution in [1.82, 2.24) is 20.2 Å². The summed E-state index contributed by atoms with van der Waals surface area (Å²) in [4.78, 5) is 8.64. The maximum atomic E-state index is 12.9. The van der Waals surface area contributed by atoms with Crippen molar-refractivity contribution >= 4 is 0 Å². The third-order valence-electron chi connectivity index (χ3n) is 3.38. The number of hydrogen-bond donors (Lipinski definition) is 0. The molecule has 1 aromatic carbocycles. The molecule has 0 bridgehead atoms. The number of benzene rings is 1. The van der Waals surface area contributed by atoms with Crippen LogP contribution in [0.5, 0.6) is 0 Å². The maximum absolute atomic E-state index is 12.9. The summed E-state index contributed by atoms with van der Waals surface area (Å²) in [5, 5.41) is 7.95. The molecule has 2 heterocycles. The van der Waals surface area contributed by atoms with E-state index in [0.717, 1.165) is 18.7 Å². The standard InChI is InChI=1S/C15H11FN4O/c16-12-5-3-10(4-6-12)14-19-20-15(21-14)11-7-17-13(18-8-11)9-1-2-9/h3-9H,1-2H2. The van der Waals surface area contributed by atoms with E-state index in [2.05, 4.69) is 20.2 Å². The molecule has 0 N–H and O–H groups in total. The molecule has 6 heteroatoms. The molecule has 1 fully saturated rings. The second-order valence-electron chi connectivity index (χ2n) is 5.02. The first-order chi connectivity index (χ1) is 10.3. The van der Waals surface area contributed by atoms with E-state index in [1.54, 1.807) is 24.5 Å². The van der Waals surface area contributed by atoms with Crippen molar-refractivity contribution in [3.63, 3.8) is 0 Å². The molecular weight excluding hydrogens is 271 g/mol. The van der Waals surface area contributed by atoms with Gasteiger partial charge in [0.25, 0.3) is 5.89 Å². The molecule has 3 aromatic rings. The minimum Gasteiger partial charge on any atom is -0.416 e. The first kappa shape index (κ1) is 12.1. The maximum Gasteiger partial charge on any atom is 0.251 e. The Morgan fingerprint density at radius 2 is 1.52 bits per heavy atom. The highest BCUT2D eigenvalue weighted by atomic mass is 19.1. The SMILES string of the molecule is Fc1ccc(-c2nnc(-c3cnc(C4CC4)nc3)o2)cc1. The lowest BCUT2D eigenvalue weighted by molar-refractivity contribution is 0.583. The zero-order valence-electron chi connectivity index (χ0n) is 11.0. The van der Waals surface area contributed by atoms with Crippen molar-refractivity contribution in [2.75, 3.05) is 0 Å². The average Bonchev–Trinajstić information content (AvgIpc) is 3.26. The topological polar surface area (TPSA) is 64.7 Å². The Balaban J connectivity index is 1.62. The van der Waals surface area contributed by atoms with E-state index in [-0.39, 0.29) is 5.82 Å². The summed E-state index contributed by atoms with van der Waals surface area (Å²) in [5.41, 5.74) is 1.35. The van der Waals surface area contributed by atoms with Gasteiger partial charge in [0.15, 0.2) is 0 Å². The van der Waals surface area contributed by atoms with Gasteiger partial charge in [0.1, 0.15) is 11.6 Å². The Labute approximate surface area is 119 Å². The third kappa shape index (κ3) is 2.40. The van der Waals surface area contributed by atoms with Crippen molar-refractivity contribution < 1.29 is 8.81 Å². The summed E-state index contributed by atoms with van der Waals surface area (Å²) < 4.78 is 18.5. The molecule has 0 aliphatic heterocycles. The van der Waals surface area contributed by atoms with E-state index < -0.39 is 0 Å². The summed E-state index contributed by atoms with van der Waals surface area (Å²) in [6.45, 7) is 0. The summed E-state index contributed by atoms with van der Waals surface area (Å²) in [6, 6.07) is 5.90. The molecule has 4 rings (SSSR count). The van der Waals surface area contributed by atoms with Crippen LogP contribution in [0.25, 0.3) is 22.9 Å². The van der Waals surface area contributed by atoms with Gasteiger partial charge in [-0.2, -0.15) is 0 Å². The van der Waals surface area contributed by atoms with Crippen molar-refractivity contribution in [2.45, 2.75) is 18.8 Å². The molecule has 5 nitrogen and oxygen atoms in total. The summed E-state index contributed by atoms with van der Waals surface area (Å²) in [5.74, 6) is 1.78. The number of halogens is 1. The monoisotopic (exact) mass is 282 g/mol. The highest BCUT2D eigenvalue weighted by molar-refractivity contribution is 5.56. The molecule has 104 valence electrons. The molecule has 1 aliphatic rings. The Morgan fingerprint density at radius 1 is 0.905 bits per heavy atom. The Morgan fingerprint density at radius 3 is 2.14 bits per heavy atom. The van der Waals surface area contributed by atoms with Crippen LogP contribution >= 0.6 is 0 Å². The van der Waals surface area contributed by atoms with E-state index in [1.807, 2.05) is 0 Å². The van der Waals surface area contributed by atoms with Crippen LogP contribution in [0.3, 0.4) is 0 Å². The molecule has 1 aliphatic carbocycles. The predicted molar refractivity (Wildman–Crippen MR) is 72.7 cm³/mol. The van der Waals surface area contributed by atoms with E-state index >= 15 is 0 Å². The lowest BCUT2D eigenvalue weighted by Gasteiger charge is -1.97. The van der Waals surface area contributed by atoms with Crippen molar-refractivity contribution in [2.24, 2.45) is 0 Å². The van der Waals surface area contributed by atoms with Gasteiger partial charge in [0.05, 0.1) is 5.56 Å². The van der Waals surface area contributed by atoms with Gasteiger partial charge in [-0.25, -0.2) is 14.4 Å². The molecule has 2 aromatic heterocycles. The van der Waals surface area contributed by atoms with Crippen molar-refractivity contribution in [3.8, 4) is 22.9 Å². The highest BCUT2D eigenvalue weighted by Crippen LogP contribution is 2.37. The molecular formula is C15H11FN4O. The van der Waals surface area contributed by atoms with Crippen molar-refractivity contribution in [1.29, 1.82) is 0 Å². The van der Waals surface area contributed by atoms with Crippen LogP contribution in [0.2, 0.25) is 0 Å². The largest absolute Gasteiger partial charge is 0.416 e. The Hall–Kier alpha value is -2.63. The molecule has 0 amide bonds. The van der Waals surface area contributed by atoms with Crippen LogP contribution in [0.1, 0.15) is 24.6 Å². The van der Waals surface area contributed by atoms with E-state index in [9.17, 15) is 4.39 Å². The van der Waals surface area contributed by atoms with Crippen LogP contribution < -0.4 is 0 Å². The number of rotatable bonds is 3. The van der Waals surface area contributed by atoms with Gasteiger partial charge in [-0.15, -0.1) is 10.2 Å². The van der Waals surface area contributed by atoms with Gasteiger partial charge in [-0.05, 0) is 37.1 Å². The first-order valence-corrected chi connectivity index (χ1v) is 6.71. The molecule has 0 spiro atoms. The van der Waals surface area contributed by atoms with Gasteiger partial charge < -0.3 is 4.42 Å². The highest BCUT2D eigenvalue weighted by Gasteiger charge is 2.26. The zero-order chi connectivity index (χ0) is 14.2. The lowest BCUT2D eigenvalue weighted by Crippen LogP contribution is -1.91. The Kier molecular flexibility index (Phi) is 2.73. The molecule has 1 saturated carbocycles. The van der Waals surface area contributed by atoms with Crippen LogP contribution in [0.4, 0.5) is 4.39 Å². The molecule has 0 unspecified atom stereocenters. The molecule has 21 heavy (non-hydrogen) atoms. The lowest BCUT2D eigenvalue weighted by atomic mass is 10.2. The third-order valence-corrected chi connectivity index (χ3v) is 3.38. The van der Waals surface area contributed by atoms with Gasteiger partial charge in [-0.3, -0.25) is 0 Å². The zero-order valence-corrected chi connectivity index (χ0v) is 11.0. The second kappa shape index (κ2) is 4.73. The summed E-state index contributed by atoms with van der Waals surface area (Å²) in [7, 11) is 0. The molecule has 0 saturated heterocycles. The quantitative estimate of drug-likeness (QED) is 0.738. The van der Waals surface area contributed by atoms with Gasteiger partial charge in [0, 0.05) is 23.9 Å².